The van der Waals surface area contributed by atoms with Crippen LogP contribution in [0.4, 0.5) is 0 Å². The van der Waals surface area contributed by atoms with Crippen molar-refractivity contribution in [1.29, 1.82) is 0 Å². The molecule has 4 aromatic rings. The quantitative estimate of drug-likeness (QED) is 0.520. The van der Waals surface area contributed by atoms with Crippen LogP contribution in [0.25, 0.3) is 11.1 Å². The molecule has 0 amide bonds. The summed E-state index contributed by atoms with van der Waals surface area (Å²) in [6.07, 6.45) is 5.19. The Bertz CT molecular complexity index is 1080. The number of aryl methyl sites for hydroxylation is 3. The third-order valence-corrected chi connectivity index (χ3v) is 4.87. The minimum atomic E-state index is 0.556. The second kappa shape index (κ2) is 6.34. The number of hydrogen-bond donors (Lipinski definition) is 0. The molecule has 4 heterocycles. The van der Waals surface area contributed by atoms with Crippen molar-refractivity contribution in [1.82, 2.24) is 34.2 Å². The molecule has 0 bridgehead atoms. The fraction of sp³-hybridized carbons (Fsp3) is 0.235. The van der Waals surface area contributed by atoms with Crippen LogP contribution in [0.5, 0.6) is 0 Å². The first-order chi connectivity index (χ1) is 12.5. The molecule has 0 aromatic carbocycles. The van der Waals surface area contributed by atoms with E-state index < -0.39 is 0 Å². The molecule has 0 saturated heterocycles. The summed E-state index contributed by atoms with van der Waals surface area (Å²) in [5.41, 5.74) is 5.12. The highest BCUT2D eigenvalue weighted by Gasteiger charge is 2.13. The second-order valence-corrected chi connectivity index (χ2v) is 6.91. The van der Waals surface area contributed by atoms with Gasteiger partial charge in [-0.1, -0.05) is 0 Å². The van der Waals surface area contributed by atoms with Gasteiger partial charge in [0.2, 0.25) is 0 Å². The van der Waals surface area contributed by atoms with Gasteiger partial charge >= 0.3 is 0 Å². The Morgan fingerprint density at radius 3 is 2.65 bits per heavy atom. The zero-order valence-corrected chi connectivity index (χ0v) is 15.8. The molecule has 0 spiro atoms. The third kappa shape index (κ3) is 2.76. The van der Waals surface area contributed by atoms with Crippen LogP contribution in [0.2, 0.25) is 0 Å². The highest BCUT2D eigenvalue weighted by atomic mass is 32.1. The molecule has 26 heavy (non-hydrogen) atoms. The number of hydrogen-bond acceptors (Lipinski definition) is 6. The number of thiazole rings is 1. The topological polar surface area (TPSA) is 78.7 Å². The van der Waals surface area contributed by atoms with Gasteiger partial charge in [-0.25, -0.2) is 9.67 Å². The second-order valence-electron chi connectivity index (χ2n) is 6.04. The lowest BCUT2D eigenvalue weighted by molar-refractivity contribution is 0.717. The predicted octanol–water partition coefficient (Wildman–Crippen LogP) is 2.83. The van der Waals surface area contributed by atoms with Crippen molar-refractivity contribution >= 4 is 17.6 Å². The minimum Gasteiger partial charge on any atom is -0.294 e. The Morgan fingerprint density at radius 1 is 1.12 bits per heavy atom. The highest BCUT2D eigenvalue weighted by molar-refractivity contribution is 7.12. The molecule has 0 N–H and O–H groups in total. The van der Waals surface area contributed by atoms with E-state index in [2.05, 4.69) is 49.9 Å². The van der Waals surface area contributed by atoms with Crippen LogP contribution < -0.4 is 0 Å². The van der Waals surface area contributed by atoms with Gasteiger partial charge in [0.15, 0.2) is 5.13 Å². The van der Waals surface area contributed by atoms with E-state index in [1.807, 2.05) is 37.7 Å². The SMILES string of the molecule is Cc1cc(C)n(-c2nncn2/N=C\c2cc(C)n(-c3nccs3)c2C)n1. The minimum absolute atomic E-state index is 0.556. The molecule has 0 saturated carbocycles. The molecule has 9 heteroatoms. The number of aromatic nitrogens is 7. The van der Waals surface area contributed by atoms with E-state index in [1.54, 1.807) is 27.0 Å². The molecular weight excluding hydrogens is 348 g/mol. The summed E-state index contributed by atoms with van der Waals surface area (Å²) in [6.45, 7) is 8.04. The van der Waals surface area contributed by atoms with Crippen LogP contribution in [0, 0.1) is 27.7 Å². The van der Waals surface area contributed by atoms with Crippen LogP contribution in [0.1, 0.15) is 28.3 Å². The van der Waals surface area contributed by atoms with E-state index in [0.717, 1.165) is 33.5 Å². The molecule has 4 aromatic heterocycles. The van der Waals surface area contributed by atoms with Crippen molar-refractivity contribution in [3.63, 3.8) is 0 Å². The van der Waals surface area contributed by atoms with Crippen molar-refractivity contribution in [2.24, 2.45) is 5.10 Å². The number of rotatable bonds is 4. The monoisotopic (exact) mass is 366 g/mol. The Kier molecular flexibility index (Phi) is 4.00. The van der Waals surface area contributed by atoms with Gasteiger partial charge in [-0.05, 0) is 39.8 Å². The maximum atomic E-state index is 4.54. The van der Waals surface area contributed by atoms with Crippen molar-refractivity contribution in [3.05, 3.63) is 58.4 Å². The van der Waals surface area contributed by atoms with E-state index in [4.69, 9.17) is 0 Å². The zero-order chi connectivity index (χ0) is 18.3. The van der Waals surface area contributed by atoms with Crippen molar-refractivity contribution < 1.29 is 0 Å². The fourth-order valence-corrected chi connectivity index (χ4v) is 3.69. The molecule has 0 aliphatic heterocycles. The van der Waals surface area contributed by atoms with E-state index in [1.165, 1.54) is 0 Å². The smallest absolute Gasteiger partial charge is 0.273 e. The van der Waals surface area contributed by atoms with Crippen LogP contribution in [-0.2, 0) is 0 Å². The van der Waals surface area contributed by atoms with Gasteiger partial charge in [0, 0.05) is 34.2 Å². The molecule has 0 fully saturated rings. The van der Waals surface area contributed by atoms with Crippen LogP contribution in [0.3, 0.4) is 0 Å². The Morgan fingerprint density at radius 2 is 1.96 bits per heavy atom. The summed E-state index contributed by atoms with van der Waals surface area (Å²) in [6, 6.07) is 4.08. The predicted molar refractivity (Wildman–Crippen MR) is 101 cm³/mol. The first-order valence-electron chi connectivity index (χ1n) is 8.11. The fourth-order valence-electron chi connectivity index (χ4n) is 2.94. The molecule has 8 nitrogen and oxygen atoms in total. The largest absolute Gasteiger partial charge is 0.294 e. The first-order valence-corrected chi connectivity index (χ1v) is 8.99. The summed E-state index contributed by atoms with van der Waals surface area (Å²) in [5.74, 6) is 0.556. The average molecular weight is 366 g/mol. The average Bonchev–Trinajstić information content (AvgIpc) is 3.35. The normalized spacial score (nSPS) is 11.7. The molecule has 0 atom stereocenters. The Hall–Kier alpha value is -3.07. The lowest BCUT2D eigenvalue weighted by Crippen LogP contribution is -2.06. The van der Waals surface area contributed by atoms with Crippen LogP contribution in [-0.4, -0.2) is 40.4 Å². The van der Waals surface area contributed by atoms with Gasteiger partial charge < -0.3 is 0 Å². The summed E-state index contributed by atoms with van der Waals surface area (Å²) in [7, 11) is 0. The standard InChI is InChI=1S/C17H18N8S/c1-11-7-13(3)25(22-11)16-21-19-10-23(16)20-9-15-8-12(2)24(14(15)4)17-18-5-6-26-17/h5-10H,1-4H3/b20-9-. The molecule has 0 unspecified atom stereocenters. The summed E-state index contributed by atoms with van der Waals surface area (Å²) >= 11 is 1.61. The molecular formula is C17H18N8S. The van der Waals surface area contributed by atoms with E-state index in [-0.39, 0.29) is 0 Å². The maximum absolute atomic E-state index is 4.54. The maximum Gasteiger partial charge on any atom is 0.273 e. The van der Waals surface area contributed by atoms with Crippen molar-refractivity contribution in [2.75, 3.05) is 0 Å². The molecule has 4 rings (SSSR count). The first kappa shape index (κ1) is 16.4. The van der Waals surface area contributed by atoms with Gasteiger partial charge in [0.25, 0.3) is 5.95 Å². The van der Waals surface area contributed by atoms with Crippen LogP contribution >= 0.6 is 11.3 Å². The van der Waals surface area contributed by atoms with Crippen molar-refractivity contribution in [2.45, 2.75) is 27.7 Å². The highest BCUT2D eigenvalue weighted by Crippen LogP contribution is 2.21. The summed E-state index contributed by atoms with van der Waals surface area (Å²) in [4.78, 5) is 4.40. The third-order valence-electron chi connectivity index (χ3n) is 4.11. The van der Waals surface area contributed by atoms with E-state index >= 15 is 0 Å². The van der Waals surface area contributed by atoms with E-state index in [0.29, 0.717) is 5.95 Å². The summed E-state index contributed by atoms with van der Waals surface area (Å²) in [5, 5.41) is 20.0. The van der Waals surface area contributed by atoms with Gasteiger partial charge in [-0.3, -0.25) is 4.57 Å². The lowest BCUT2D eigenvalue weighted by atomic mass is 10.3. The van der Waals surface area contributed by atoms with Gasteiger partial charge in [-0.2, -0.15) is 14.9 Å². The van der Waals surface area contributed by atoms with Crippen molar-refractivity contribution in [3.8, 4) is 11.1 Å². The molecule has 132 valence electrons. The molecule has 0 radical (unpaired) electrons. The zero-order valence-electron chi connectivity index (χ0n) is 15.0. The van der Waals surface area contributed by atoms with Gasteiger partial charge in [0.1, 0.15) is 6.33 Å². The Labute approximate surface area is 154 Å². The Balaban J connectivity index is 1.70. The van der Waals surface area contributed by atoms with Crippen LogP contribution in [0.15, 0.2) is 35.1 Å². The van der Waals surface area contributed by atoms with Gasteiger partial charge in [0.05, 0.1) is 11.9 Å². The molecule has 0 aliphatic rings. The summed E-state index contributed by atoms with van der Waals surface area (Å²) < 4.78 is 5.48. The van der Waals surface area contributed by atoms with E-state index in [9.17, 15) is 0 Å². The number of nitrogens with zero attached hydrogens (tertiary/aromatic N) is 8. The molecule has 0 aliphatic carbocycles. The van der Waals surface area contributed by atoms with Gasteiger partial charge in [-0.15, -0.1) is 21.5 Å². The lowest BCUT2D eigenvalue weighted by Gasteiger charge is -2.04.